The van der Waals surface area contributed by atoms with E-state index in [1.54, 1.807) is 6.92 Å². The summed E-state index contributed by atoms with van der Waals surface area (Å²) in [6.07, 6.45) is -3.86. The van der Waals surface area contributed by atoms with Gasteiger partial charge in [-0.15, -0.1) is 0 Å². The van der Waals surface area contributed by atoms with Crippen molar-refractivity contribution in [2.24, 2.45) is 5.10 Å². The van der Waals surface area contributed by atoms with Crippen molar-refractivity contribution in [2.45, 2.75) is 13.1 Å². The molecule has 0 atom stereocenters. The van der Waals surface area contributed by atoms with Gasteiger partial charge in [-0.1, -0.05) is 12.1 Å². The Bertz CT molecular complexity index is 427. The first kappa shape index (κ1) is 14.0. The zero-order valence-electron chi connectivity index (χ0n) is 9.49. The maximum Gasteiger partial charge on any atom is 0.427 e. The number of carbonyl (C=O) groups is 1. The van der Waals surface area contributed by atoms with Gasteiger partial charge in [0.2, 0.25) is 0 Å². The van der Waals surface area contributed by atoms with Crippen LogP contribution in [-0.4, -0.2) is 18.9 Å². The number of hydrogen-bond donors (Lipinski definition) is 1. The highest BCUT2D eigenvalue weighted by Gasteiger charge is 2.29. The molecular formula is C11H11F3N2O2. The highest BCUT2D eigenvalue weighted by Crippen LogP contribution is 2.28. The van der Waals surface area contributed by atoms with Crippen molar-refractivity contribution in [1.29, 1.82) is 0 Å². The molecule has 98 valence electrons. The summed E-state index contributed by atoms with van der Waals surface area (Å²) in [6, 6.07) is 4.37. The molecule has 0 saturated carbocycles. The molecule has 1 N–H and O–H groups in total. The summed E-state index contributed by atoms with van der Waals surface area (Å²) >= 11 is 0. The number of ether oxygens (including phenoxy) is 1. The van der Waals surface area contributed by atoms with Crippen molar-refractivity contribution >= 4 is 12.3 Å². The lowest BCUT2D eigenvalue weighted by Gasteiger charge is -2.05. The van der Waals surface area contributed by atoms with Gasteiger partial charge in [0.1, 0.15) is 0 Å². The molecule has 0 heterocycles. The minimum atomic E-state index is -4.36. The predicted molar refractivity (Wildman–Crippen MR) is 59.2 cm³/mol. The quantitative estimate of drug-likeness (QED) is 0.671. The third-order valence-corrected chi connectivity index (χ3v) is 1.88. The Labute approximate surface area is 101 Å². The normalized spacial score (nSPS) is 11.6. The van der Waals surface area contributed by atoms with Gasteiger partial charge in [-0.3, -0.25) is 0 Å². The average molecular weight is 260 g/mol. The van der Waals surface area contributed by atoms with Crippen LogP contribution in [-0.2, 0) is 10.9 Å². The maximum absolute atomic E-state index is 12.3. The average Bonchev–Trinajstić information content (AvgIpc) is 2.29. The van der Waals surface area contributed by atoms with Crippen LogP contribution < -0.4 is 5.43 Å². The number of rotatable bonds is 3. The van der Waals surface area contributed by atoms with Crippen LogP contribution in [0, 0.1) is 0 Å². The first-order chi connectivity index (χ1) is 8.43. The molecule has 1 aromatic rings. The summed E-state index contributed by atoms with van der Waals surface area (Å²) in [5.41, 5.74) is 1.76. The molecule has 0 fully saturated rings. The summed E-state index contributed by atoms with van der Waals surface area (Å²) in [5.74, 6) is 0. The predicted octanol–water partition coefficient (Wildman–Crippen LogP) is 2.79. The molecule has 1 rings (SSSR count). The van der Waals surface area contributed by atoms with Crippen LogP contribution in [0.15, 0.2) is 29.4 Å². The summed E-state index contributed by atoms with van der Waals surface area (Å²) in [6.45, 7) is 1.85. The lowest BCUT2D eigenvalue weighted by Crippen LogP contribution is -2.18. The Morgan fingerprint density at radius 2 is 2.00 bits per heavy atom. The fraction of sp³-hybridized carbons (Fsp3) is 0.273. The summed E-state index contributed by atoms with van der Waals surface area (Å²) in [7, 11) is 0. The molecular weight excluding hydrogens is 249 g/mol. The lowest BCUT2D eigenvalue weighted by molar-refractivity contribution is -0.137. The van der Waals surface area contributed by atoms with Gasteiger partial charge in [-0.05, 0) is 24.6 Å². The standard InChI is InChI=1S/C11H11F3N2O2/c1-2-18-10(17)16-15-7-8-3-5-9(6-4-8)11(12,13)14/h3-7H,2H2,1H3,(H,16,17)/b15-7+. The van der Waals surface area contributed by atoms with E-state index in [1.165, 1.54) is 18.3 Å². The number of alkyl halides is 3. The Morgan fingerprint density at radius 3 is 2.50 bits per heavy atom. The van der Waals surface area contributed by atoms with E-state index in [2.05, 4.69) is 15.3 Å². The fourth-order valence-electron chi connectivity index (χ4n) is 1.08. The Hall–Kier alpha value is -2.05. The van der Waals surface area contributed by atoms with Gasteiger partial charge in [-0.2, -0.15) is 18.3 Å². The van der Waals surface area contributed by atoms with Gasteiger partial charge in [-0.25, -0.2) is 10.2 Å². The molecule has 0 spiro atoms. The number of carbonyl (C=O) groups excluding carboxylic acids is 1. The molecule has 0 aliphatic heterocycles. The topological polar surface area (TPSA) is 50.7 Å². The smallest absolute Gasteiger partial charge is 0.427 e. The number of hydrazone groups is 1. The van der Waals surface area contributed by atoms with Crippen LogP contribution in [0.3, 0.4) is 0 Å². The second-order valence-electron chi connectivity index (χ2n) is 3.21. The first-order valence-electron chi connectivity index (χ1n) is 5.06. The zero-order chi connectivity index (χ0) is 13.6. The molecule has 0 saturated heterocycles. The molecule has 0 unspecified atom stereocenters. The Morgan fingerprint density at radius 1 is 1.39 bits per heavy atom. The van der Waals surface area contributed by atoms with Crippen molar-refractivity contribution in [1.82, 2.24) is 5.43 Å². The van der Waals surface area contributed by atoms with E-state index in [-0.39, 0.29) is 6.61 Å². The van der Waals surface area contributed by atoms with Crippen molar-refractivity contribution in [3.63, 3.8) is 0 Å². The fourth-order valence-corrected chi connectivity index (χ4v) is 1.08. The van der Waals surface area contributed by atoms with Gasteiger partial charge >= 0.3 is 12.3 Å². The Kier molecular flexibility index (Phi) is 4.70. The van der Waals surface area contributed by atoms with Crippen molar-refractivity contribution in [3.8, 4) is 0 Å². The molecule has 0 aliphatic carbocycles. The molecule has 4 nitrogen and oxygen atoms in total. The summed E-state index contributed by atoms with van der Waals surface area (Å²) < 4.78 is 41.3. The number of amides is 1. The molecule has 1 aromatic carbocycles. The largest absolute Gasteiger partial charge is 0.449 e. The molecule has 0 radical (unpaired) electrons. The number of halogens is 3. The van der Waals surface area contributed by atoms with E-state index in [9.17, 15) is 18.0 Å². The van der Waals surface area contributed by atoms with Gasteiger partial charge in [0.25, 0.3) is 0 Å². The Balaban J connectivity index is 2.59. The molecule has 0 bridgehead atoms. The molecule has 1 amide bonds. The van der Waals surface area contributed by atoms with Crippen molar-refractivity contribution < 1.29 is 22.7 Å². The van der Waals surface area contributed by atoms with Crippen LogP contribution in [0.1, 0.15) is 18.1 Å². The van der Waals surface area contributed by atoms with E-state index < -0.39 is 17.8 Å². The number of nitrogens with zero attached hydrogens (tertiary/aromatic N) is 1. The van der Waals surface area contributed by atoms with Gasteiger partial charge in [0, 0.05) is 0 Å². The molecule has 0 aromatic heterocycles. The number of benzene rings is 1. The van der Waals surface area contributed by atoms with Crippen LogP contribution in [0.4, 0.5) is 18.0 Å². The van der Waals surface area contributed by atoms with Crippen molar-refractivity contribution in [3.05, 3.63) is 35.4 Å². The highest BCUT2D eigenvalue weighted by atomic mass is 19.4. The van der Waals surface area contributed by atoms with E-state index in [0.717, 1.165) is 12.1 Å². The monoisotopic (exact) mass is 260 g/mol. The summed E-state index contributed by atoms with van der Waals surface area (Å²) in [4.78, 5) is 10.8. The molecule has 0 aliphatic rings. The van der Waals surface area contributed by atoms with Gasteiger partial charge in [0.15, 0.2) is 0 Å². The minimum Gasteiger partial charge on any atom is -0.449 e. The van der Waals surface area contributed by atoms with Gasteiger partial charge in [0.05, 0.1) is 18.4 Å². The van der Waals surface area contributed by atoms with E-state index in [0.29, 0.717) is 5.56 Å². The molecule has 7 heteroatoms. The second kappa shape index (κ2) is 6.04. The zero-order valence-corrected chi connectivity index (χ0v) is 9.49. The van der Waals surface area contributed by atoms with Crippen molar-refractivity contribution in [2.75, 3.05) is 6.61 Å². The SMILES string of the molecule is CCOC(=O)N/N=C/c1ccc(C(F)(F)F)cc1. The minimum absolute atomic E-state index is 0.210. The van der Waals surface area contributed by atoms with Gasteiger partial charge < -0.3 is 4.74 Å². The van der Waals surface area contributed by atoms with Crippen LogP contribution >= 0.6 is 0 Å². The number of hydrogen-bond acceptors (Lipinski definition) is 3. The first-order valence-corrected chi connectivity index (χ1v) is 5.06. The third-order valence-electron chi connectivity index (χ3n) is 1.88. The lowest BCUT2D eigenvalue weighted by atomic mass is 10.1. The maximum atomic E-state index is 12.3. The molecule has 18 heavy (non-hydrogen) atoms. The van der Waals surface area contributed by atoms with Crippen LogP contribution in [0.25, 0.3) is 0 Å². The second-order valence-corrected chi connectivity index (χ2v) is 3.21. The van der Waals surface area contributed by atoms with E-state index in [1.807, 2.05) is 0 Å². The van der Waals surface area contributed by atoms with Crippen LogP contribution in [0.2, 0.25) is 0 Å². The van der Waals surface area contributed by atoms with E-state index >= 15 is 0 Å². The number of nitrogens with one attached hydrogen (secondary N) is 1. The van der Waals surface area contributed by atoms with E-state index in [4.69, 9.17) is 0 Å². The third kappa shape index (κ3) is 4.44. The van der Waals surface area contributed by atoms with Crippen LogP contribution in [0.5, 0.6) is 0 Å². The highest BCUT2D eigenvalue weighted by molar-refractivity contribution is 5.80. The summed E-state index contributed by atoms with van der Waals surface area (Å²) in [5, 5.41) is 3.52.